The highest BCUT2D eigenvalue weighted by Crippen LogP contribution is 2.34. The van der Waals surface area contributed by atoms with Crippen molar-refractivity contribution in [1.29, 1.82) is 0 Å². The van der Waals surface area contributed by atoms with E-state index in [9.17, 15) is 4.79 Å². The Morgan fingerprint density at radius 1 is 1.38 bits per heavy atom. The van der Waals surface area contributed by atoms with E-state index in [0.29, 0.717) is 11.9 Å². The monoisotopic (exact) mass is 307 g/mol. The molecule has 2 saturated heterocycles. The van der Waals surface area contributed by atoms with Gasteiger partial charge in [0.15, 0.2) is 0 Å². The van der Waals surface area contributed by atoms with Gasteiger partial charge in [-0.3, -0.25) is 9.69 Å². The van der Waals surface area contributed by atoms with Crippen LogP contribution in [0.1, 0.15) is 36.2 Å². The van der Waals surface area contributed by atoms with Gasteiger partial charge in [0.05, 0.1) is 6.04 Å². The van der Waals surface area contributed by atoms with E-state index < -0.39 is 0 Å². The van der Waals surface area contributed by atoms with Gasteiger partial charge in [-0.15, -0.1) is 11.3 Å². The Morgan fingerprint density at radius 2 is 2.14 bits per heavy atom. The molecule has 3 heterocycles. The summed E-state index contributed by atoms with van der Waals surface area (Å²) in [7, 11) is 0. The minimum absolute atomic E-state index is 0.0830. The molecule has 0 aromatic carbocycles. The van der Waals surface area contributed by atoms with Gasteiger partial charge in [0, 0.05) is 37.1 Å². The number of carbonyl (C=O) groups excluding carboxylic acids is 1. The normalized spacial score (nSPS) is 25.2. The molecule has 0 radical (unpaired) electrons. The SMILES string of the molecule is Cc1ccsc1C(C)N1CCCC1C(=O)N1CCNCC1. The number of piperazine rings is 1. The third-order valence-corrected chi connectivity index (χ3v) is 5.98. The van der Waals surface area contributed by atoms with E-state index in [-0.39, 0.29) is 6.04 Å². The molecule has 0 saturated carbocycles. The molecular formula is C16H25N3OS. The first-order chi connectivity index (χ1) is 10.2. The average molecular weight is 307 g/mol. The maximum Gasteiger partial charge on any atom is 0.240 e. The minimum atomic E-state index is 0.0830. The number of hydrogen-bond donors (Lipinski definition) is 1. The van der Waals surface area contributed by atoms with E-state index in [0.717, 1.165) is 45.6 Å². The van der Waals surface area contributed by atoms with Crippen molar-refractivity contribution in [2.75, 3.05) is 32.7 Å². The van der Waals surface area contributed by atoms with Crippen molar-refractivity contribution in [2.45, 2.75) is 38.8 Å². The Kier molecular flexibility index (Phi) is 4.62. The molecule has 2 atom stereocenters. The van der Waals surface area contributed by atoms with E-state index in [2.05, 4.69) is 35.5 Å². The zero-order valence-corrected chi connectivity index (χ0v) is 13.8. The van der Waals surface area contributed by atoms with Crippen LogP contribution in [0.5, 0.6) is 0 Å². The molecule has 21 heavy (non-hydrogen) atoms. The van der Waals surface area contributed by atoms with Crippen molar-refractivity contribution in [3.63, 3.8) is 0 Å². The Labute approximate surface area is 131 Å². The average Bonchev–Trinajstić information content (AvgIpc) is 3.15. The van der Waals surface area contributed by atoms with E-state index in [4.69, 9.17) is 0 Å². The van der Waals surface area contributed by atoms with Crippen LogP contribution in [0.25, 0.3) is 0 Å². The topological polar surface area (TPSA) is 35.6 Å². The van der Waals surface area contributed by atoms with Crippen LogP contribution >= 0.6 is 11.3 Å². The van der Waals surface area contributed by atoms with Crippen molar-refractivity contribution >= 4 is 17.2 Å². The summed E-state index contributed by atoms with van der Waals surface area (Å²) in [6.07, 6.45) is 2.15. The van der Waals surface area contributed by atoms with E-state index in [1.54, 1.807) is 0 Å². The molecule has 2 aliphatic heterocycles. The fourth-order valence-electron chi connectivity index (χ4n) is 3.58. The lowest BCUT2D eigenvalue weighted by Gasteiger charge is -2.35. The Balaban J connectivity index is 1.72. The fraction of sp³-hybridized carbons (Fsp3) is 0.688. The Bertz CT molecular complexity index is 495. The van der Waals surface area contributed by atoms with Gasteiger partial charge in [-0.05, 0) is 50.2 Å². The summed E-state index contributed by atoms with van der Waals surface area (Å²) >= 11 is 1.82. The van der Waals surface area contributed by atoms with Crippen molar-refractivity contribution in [1.82, 2.24) is 15.1 Å². The predicted octanol–water partition coefficient (Wildman–Crippen LogP) is 2.01. The zero-order valence-electron chi connectivity index (χ0n) is 13.0. The Morgan fingerprint density at radius 3 is 2.81 bits per heavy atom. The number of nitrogens with zero attached hydrogens (tertiary/aromatic N) is 2. The quantitative estimate of drug-likeness (QED) is 0.928. The lowest BCUT2D eigenvalue weighted by atomic mass is 10.1. The maximum absolute atomic E-state index is 12.8. The number of nitrogens with one attached hydrogen (secondary N) is 1. The van der Waals surface area contributed by atoms with Crippen LogP contribution in [-0.2, 0) is 4.79 Å². The van der Waals surface area contributed by atoms with E-state index >= 15 is 0 Å². The van der Waals surface area contributed by atoms with Gasteiger partial charge in [0.2, 0.25) is 5.91 Å². The molecule has 3 rings (SSSR count). The molecule has 2 aliphatic rings. The third kappa shape index (κ3) is 3.00. The van der Waals surface area contributed by atoms with Crippen LogP contribution in [0.15, 0.2) is 11.4 Å². The van der Waals surface area contributed by atoms with E-state index in [1.807, 2.05) is 16.2 Å². The van der Waals surface area contributed by atoms with Crippen LogP contribution < -0.4 is 5.32 Å². The molecule has 0 bridgehead atoms. The van der Waals surface area contributed by atoms with Crippen LogP contribution in [0, 0.1) is 6.92 Å². The molecule has 0 aliphatic carbocycles. The molecule has 2 fully saturated rings. The summed E-state index contributed by atoms with van der Waals surface area (Å²) in [5.41, 5.74) is 1.35. The van der Waals surface area contributed by atoms with Crippen molar-refractivity contribution < 1.29 is 4.79 Å². The summed E-state index contributed by atoms with van der Waals surface area (Å²) in [5, 5.41) is 5.48. The number of likely N-dealkylation sites (tertiary alicyclic amines) is 1. The smallest absolute Gasteiger partial charge is 0.240 e. The lowest BCUT2D eigenvalue weighted by molar-refractivity contribution is -0.137. The van der Waals surface area contributed by atoms with Crippen molar-refractivity contribution in [3.05, 3.63) is 21.9 Å². The van der Waals surface area contributed by atoms with Crippen LogP contribution in [0.2, 0.25) is 0 Å². The summed E-state index contributed by atoms with van der Waals surface area (Å²) in [5.74, 6) is 0.343. The molecule has 1 N–H and O–H groups in total. The van der Waals surface area contributed by atoms with Gasteiger partial charge in [-0.1, -0.05) is 0 Å². The highest BCUT2D eigenvalue weighted by molar-refractivity contribution is 7.10. The molecular weight excluding hydrogens is 282 g/mol. The van der Waals surface area contributed by atoms with Crippen LogP contribution in [0.4, 0.5) is 0 Å². The van der Waals surface area contributed by atoms with Gasteiger partial charge in [-0.25, -0.2) is 0 Å². The molecule has 5 heteroatoms. The second kappa shape index (κ2) is 6.46. The predicted molar refractivity (Wildman–Crippen MR) is 86.6 cm³/mol. The molecule has 1 aromatic heterocycles. The van der Waals surface area contributed by atoms with Gasteiger partial charge in [0.1, 0.15) is 0 Å². The first-order valence-corrected chi connectivity index (χ1v) is 8.85. The summed E-state index contributed by atoms with van der Waals surface area (Å²) in [6, 6.07) is 2.61. The summed E-state index contributed by atoms with van der Waals surface area (Å²) in [4.78, 5) is 18.7. The van der Waals surface area contributed by atoms with Gasteiger partial charge >= 0.3 is 0 Å². The molecule has 1 amide bonds. The second-order valence-electron chi connectivity index (χ2n) is 6.11. The van der Waals surface area contributed by atoms with Crippen molar-refractivity contribution in [2.24, 2.45) is 0 Å². The van der Waals surface area contributed by atoms with E-state index in [1.165, 1.54) is 10.4 Å². The van der Waals surface area contributed by atoms with Gasteiger partial charge < -0.3 is 10.2 Å². The van der Waals surface area contributed by atoms with Crippen LogP contribution in [-0.4, -0.2) is 54.5 Å². The first kappa shape index (κ1) is 15.0. The number of rotatable bonds is 3. The summed E-state index contributed by atoms with van der Waals surface area (Å²) < 4.78 is 0. The molecule has 116 valence electrons. The van der Waals surface area contributed by atoms with Gasteiger partial charge in [0.25, 0.3) is 0 Å². The minimum Gasteiger partial charge on any atom is -0.339 e. The number of hydrogen-bond acceptors (Lipinski definition) is 4. The first-order valence-electron chi connectivity index (χ1n) is 7.97. The molecule has 2 unspecified atom stereocenters. The number of aryl methyl sites for hydroxylation is 1. The largest absolute Gasteiger partial charge is 0.339 e. The second-order valence-corrected chi connectivity index (χ2v) is 7.06. The highest BCUT2D eigenvalue weighted by atomic mass is 32.1. The Hall–Kier alpha value is -0.910. The van der Waals surface area contributed by atoms with Crippen LogP contribution in [0.3, 0.4) is 0 Å². The molecule has 1 aromatic rings. The maximum atomic E-state index is 12.8. The standard InChI is InChI=1S/C16H25N3OS/c1-12-5-11-21-15(12)13(2)19-8-3-4-14(19)16(20)18-9-6-17-7-10-18/h5,11,13-14,17H,3-4,6-10H2,1-2H3. The van der Waals surface area contributed by atoms with Crippen molar-refractivity contribution in [3.8, 4) is 0 Å². The molecule has 4 nitrogen and oxygen atoms in total. The fourth-order valence-corrected chi connectivity index (χ4v) is 4.58. The number of carbonyl (C=O) groups is 1. The lowest BCUT2D eigenvalue weighted by Crippen LogP contribution is -2.52. The highest BCUT2D eigenvalue weighted by Gasteiger charge is 2.37. The zero-order chi connectivity index (χ0) is 14.8. The third-order valence-electron chi connectivity index (χ3n) is 4.79. The number of amides is 1. The number of thiophene rings is 1. The molecule has 0 spiro atoms. The summed E-state index contributed by atoms with van der Waals surface area (Å²) in [6.45, 7) is 9.04. The van der Waals surface area contributed by atoms with Gasteiger partial charge in [-0.2, -0.15) is 0 Å².